The molecular weight excluding hydrogens is 319 g/mol. The molecule has 98 valence electrons. The summed E-state index contributed by atoms with van der Waals surface area (Å²) >= 11 is 2.76. The largest absolute Gasteiger partial charge is 0.416 e. The van der Waals surface area contributed by atoms with E-state index in [0.717, 1.165) is 19.1 Å². The quantitative estimate of drug-likeness (QED) is 0.484. The van der Waals surface area contributed by atoms with E-state index < -0.39 is 38.5 Å². The van der Waals surface area contributed by atoms with Crippen molar-refractivity contribution in [1.82, 2.24) is 0 Å². The zero-order valence-corrected chi connectivity index (χ0v) is 10.6. The number of nitro groups is 1. The molecule has 1 aromatic rings. The average Bonchev–Trinajstić information content (AvgIpc) is 2.25. The molecule has 0 saturated carbocycles. The van der Waals surface area contributed by atoms with Gasteiger partial charge in [-0.1, -0.05) is 22.0 Å². The molecule has 18 heavy (non-hydrogen) atoms. The van der Waals surface area contributed by atoms with Crippen molar-refractivity contribution in [1.29, 1.82) is 0 Å². The van der Waals surface area contributed by atoms with E-state index in [-0.39, 0.29) is 0 Å². The first-order chi connectivity index (χ1) is 8.16. The number of halogens is 4. The monoisotopic (exact) mass is 325 g/mol. The van der Waals surface area contributed by atoms with Gasteiger partial charge in [-0.25, -0.2) is 0 Å². The lowest BCUT2D eigenvalue weighted by Gasteiger charge is -2.15. The molecule has 8 heteroatoms. The Labute approximate surface area is 108 Å². The lowest BCUT2D eigenvalue weighted by Crippen LogP contribution is -2.15. The van der Waals surface area contributed by atoms with Crippen molar-refractivity contribution in [2.24, 2.45) is 0 Å². The Hall–Kier alpha value is -1.44. The van der Waals surface area contributed by atoms with Crippen LogP contribution in [0.1, 0.15) is 22.9 Å². The van der Waals surface area contributed by atoms with Gasteiger partial charge in [0.2, 0.25) is 0 Å². The molecule has 1 rings (SSSR count). The second kappa shape index (κ2) is 5.05. The maximum absolute atomic E-state index is 12.8. The first-order valence-electron chi connectivity index (χ1n) is 4.65. The maximum Gasteiger partial charge on any atom is 0.416 e. The number of rotatable bonds is 3. The van der Waals surface area contributed by atoms with E-state index in [9.17, 15) is 28.1 Å². The highest BCUT2D eigenvalue weighted by molar-refractivity contribution is 9.09. The minimum absolute atomic E-state index is 0.644. The number of ketones is 1. The summed E-state index contributed by atoms with van der Waals surface area (Å²) in [6.07, 6.45) is -4.76. The standard InChI is InChI=1S/C10H7BrF3NO3/c1-5(16)9(11)8-6(10(12,13)14)3-2-4-7(8)15(17)18/h2-4,9H,1H3. The second-order valence-corrected chi connectivity index (χ2v) is 4.38. The van der Waals surface area contributed by atoms with E-state index in [1.165, 1.54) is 0 Å². The van der Waals surface area contributed by atoms with Gasteiger partial charge in [-0.3, -0.25) is 14.9 Å². The van der Waals surface area contributed by atoms with Gasteiger partial charge in [-0.15, -0.1) is 0 Å². The van der Waals surface area contributed by atoms with Gasteiger partial charge >= 0.3 is 6.18 Å². The number of hydrogen-bond donors (Lipinski definition) is 0. The van der Waals surface area contributed by atoms with Crippen molar-refractivity contribution in [3.63, 3.8) is 0 Å². The number of alkyl halides is 4. The van der Waals surface area contributed by atoms with Crippen LogP contribution < -0.4 is 0 Å². The molecule has 0 radical (unpaired) electrons. The highest BCUT2D eigenvalue weighted by Crippen LogP contribution is 2.42. The number of nitro benzene ring substituents is 1. The van der Waals surface area contributed by atoms with E-state index in [2.05, 4.69) is 15.9 Å². The van der Waals surface area contributed by atoms with Crippen LogP contribution in [0.4, 0.5) is 18.9 Å². The Morgan fingerprint density at radius 3 is 2.39 bits per heavy atom. The minimum atomic E-state index is -4.76. The molecule has 0 aliphatic carbocycles. The third-order valence-corrected chi connectivity index (χ3v) is 3.30. The maximum atomic E-state index is 12.8. The first-order valence-corrected chi connectivity index (χ1v) is 5.57. The smallest absolute Gasteiger partial charge is 0.298 e. The number of Topliss-reactive ketones (excluding diaryl/α,β-unsaturated/α-hetero) is 1. The number of carbonyl (C=O) groups is 1. The molecule has 0 amide bonds. The molecule has 0 saturated heterocycles. The molecular formula is C10H7BrF3NO3. The zero-order chi connectivity index (χ0) is 14.1. The van der Waals surface area contributed by atoms with Crippen LogP contribution in [0.5, 0.6) is 0 Å². The van der Waals surface area contributed by atoms with Crippen LogP contribution in [0, 0.1) is 10.1 Å². The fourth-order valence-electron chi connectivity index (χ4n) is 1.43. The van der Waals surface area contributed by atoms with Gasteiger partial charge in [0.1, 0.15) is 10.6 Å². The van der Waals surface area contributed by atoms with Crippen molar-refractivity contribution in [3.05, 3.63) is 39.4 Å². The highest BCUT2D eigenvalue weighted by atomic mass is 79.9. The molecule has 0 aromatic heterocycles. The average molecular weight is 326 g/mol. The van der Waals surface area contributed by atoms with Crippen LogP contribution in [0.15, 0.2) is 18.2 Å². The summed E-state index contributed by atoms with van der Waals surface area (Å²) in [7, 11) is 0. The predicted octanol–water partition coefficient (Wildman–Crippen LogP) is 3.64. The van der Waals surface area contributed by atoms with Crippen molar-refractivity contribution >= 4 is 27.4 Å². The van der Waals surface area contributed by atoms with E-state index >= 15 is 0 Å². The van der Waals surface area contributed by atoms with Gasteiger partial charge in [-0.2, -0.15) is 13.2 Å². The lowest BCUT2D eigenvalue weighted by atomic mass is 10.00. The van der Waals surface area contributed by atoms with Gasteiger partial charge in [0.25, 0.3) is 5.69 Å². The summed E-state index contributed by atoms with van der Waals surface area (Å²) in [4.78, 5) is 19.6. The van der Waals surface area contributed by atoms with Gasteiger partial charge in [0.05, 0.1) is 16.1 Å². The predicted molar refractivity (Wildman–Crippen MR) is 60.4 cm³/mol. The minimum Gasteiger partial charge on any atom is -0.298 e. The summed E-state index contributed by atoms with van der Waals surface area (Å²) < 4.78 is 38.3. The highest BCUT2D eigenvalue weighted by Gasteiger charge is 2.39. The number of hydrogen-bond acceptors (Lipinski definition) is 3. The summed E-state index contributed by atoms with van der Waals surface area (Å²) in [5.41, 5.74) is -2.59. The van der Waals surface area contributed by atoms with E-state index in [4.69, 9.17) is 0 Å². The second-order valence-electron chi connectivity index (χ2n) is 3.47. The summed E-state index contributed by atoms with van der Waals surface area (Å²) in [6, 6.07) is 2.58. The molecule has 0 heterocycles. The fraction of sp³-hybridized carbons (Fsp3) is 0.300. The van der Waals surface area contributed by atoms with E-state index in [1.54, 1.807) is 0 Å². The summed E-state index contributed by atoms with van der Waals surface area (Å²) in [5.74, 6) is -0.644. The molecule has 0 N–H and O–H groups in total. The Morgan fingerprint density at radius 1 is 1.44 bits per heavy atom. The molecule has 1 atom stereocenters. The number of benzene rings is 1. The molecule has 0 aliphatic rings. The number of carbonyl (C=O) groups excluding carboxylic acids is 1. The molecule has 4 nitrogen and oxygen atoms in total. The molecule has 0 aliphatic heterocycles. The Bertz CT molecular complexity index is 502. The van der Waals surface area contributed by atoms with E-state index in [1.807, 2.05) is 0 Å². The summed E-state index contributed by atoms with van der Waals surface area (Å²) in [5, 5.41) is 10.7. The van der Waals surface area contributed by atoms with E-state index in [0.29, 0.717) is 6.07 Å². The van der Waals surface area contributed by atoms with Crippen molar-refractivity contribution in [2.75, 3.05) is 0 Å². The van der Waals surface area contributed by atoms with Crippen LogP contribution >= 0.6 is 15.9 Å². The Balaban J connectivity index is 3.59. The molecule has 1 unspecified atom stereocenters. The van der Waals surface area contributed by atoms with Crippen molar-refractivity contribution in [2.45, 2.75) is 17.9 Å². The van der Waals surface area contributed by atoms with Crippen LogP contribution in [0.25, 0.3) is 0 Å². The SMILES string of the molecule is CC(=O)C(Br)c1c([N+](=O)[O-])cccc1C(F)(F)F. The third kappa shape index (κ3) is 2.87. The fourth-order valence-corrected chi connectivity index (χ4v) is 1.91. The number of nitrogens with zero attached hydrogens (tertiary/aromatic N) is 1. The topological polar surface area (TPSA) is 60.2 Å². The summed E-state index contributed by atoms with van der Waals surface area (Å²) in [6.45, 7) is 1.05. The molecule has 1 aromatic carbocycles. The van der Waals surface area contributed by atoms with Crippen molar-refractivity contribution in [3.8, 4) is 0 Å². The molecule has 0 bridgehead atoms. The normalized spacial score (nSPS) is 13.2. The third-order valence-electron chi connectivity index (χ3n) is 2.20. The van der Waals surface area contributed by atoms with Gasteiger partial charge in [0, 0.05) is 6.07 Å². The zero-order valence-electron chi connectivity index (χ0n) is 8.99. The van der Waals surface area contributed by atoms with Gasteiger partial charge in [0.15, 0.2) is 0 Å². The van der Waals surface area contributed by atoms with Gasteiger partial charge < -0.3 is 0 Å². The van der Waals surface area contributed by atoms with Crippen LogP contribution in [-0.2, 0) is 11.0 Å². The first kappa shape index (κ1) is 14.6. The molecule has 0 fully saturated rings. The lowest BCUT2D eigenvalue weighted by molar-refractivity contribution is -0.385. The van der Waals surface area contributed by atoms with Gasteiger partial charge in [-0.05, 0) is 13.0 Å². The van der Waals surface area contributed by atoms with Crippen LogP contribution in [0.2, 0.25) is 0 Å². The Kier molecular flexibility index (Phi) is 4.10. The van der Waals surface area contributed by atoms with Crippen molar-refractivity contribution < 1.29 is 22.9 Å². The van der Waals surface area contributed by atoms with Crippen LogP contribution in [0.3, 0.4) is 0 Å². The Morgan fingerprint density at radius 2 is 2.00 bits per heavy atom. The molecule has 0 spiro atoms. The van der Waals surface area contributed by atoms with Crippen LogP contribution in [-0.4, -0.2) is 10.7 Å².